The van der Waals surface area contributed by atoms with E-state index in [1.807, 2.05) is 77.7 Å². The summed E-state index contributed by atoms with van der Waals surface area (Å²) in [4.78, 5) is 46.6. The lowest BCUT2D eigenvalue weighted by Gasteiger charge is -2.33. The van der Waals surface area contributed by atoms with E-state index in [1.165, 1.54) is 21.5 Å². The van der Waals surface area contributed by atoms with Crippen LogP contribution < -0.4 is 16.0 Å². The molecular weight excluding hydrogens is 516 g/mol. The van der Waals surface area contributed by atoms with Gasteiger partial charge in [0.1, 0.15) is 6.07 Å². The maximum atomic E-state index is 13.3. The number of fused-ring (bicyclic) bond motifs is 1. The molecule has 10 nitrogen and oxygen atoms in total. The van der Waals surface area contributed by atoms with Crippen LogP contribution in [0.25, 0.3) is 11.2 Å². The normalized spacial score (nSPS) is 13.6. The van der Waals surface area contributed by atoms with Crippen LogP contribution in [0.3, 0.4) is 0 Å². The van der Waals surface area contributed by atoms with E-state index < -0.39 is 11.1 Å². The molecule has 0 radical (unpaired) electrons. The van der Waals surface area contributed by atoms with Crippen LogP contribution in [0.4, 0.5) is 11.6 Å². The van der Waals surface area contributed by atoms with E-state index in [2.05, 4.69) is 15.0 Å². The summed E-state index contributed by atoms with van der Waals surface area (Å²) in [5, 5.41) is 9.00. The molecule has 1 saturated heterocycles. The number of anilines is 1. The zero-order valence-corrected chi connectivity index (χ0v) is 22.4. The average molecular weight is 543 g/mol. The van der Waals surface area contributed by atoms with Gasteiger partial charge in [-0.15, -0.1) is 0 Å². The van der Waals surface area contributed by atoms with Crippen LogP contribution in [-0.2, 0) is 7.05 Å². The van der Waals surface area contributed by atoms with E-state index in [0.717, 1.165) is 16.8 Å². The zero-order chi connectivity index (χ0) is 28.3. The number of pyridine rings is 1. The predicted molar refractivity (Wildman–Crippen MR) is 157 cm³/mol. The Bertz CT molecular complexity index is 1860. The molecule has 5 aromatic rings. The minimum Gasteiger partial charge on any atom is -0.341 e. The van der Waals surface area contributed by atoms with Crippen molar-refractivity contribution in [1.82, 2.24) is 24.1 Å². The van der Waals surface area contributed by atoms with Gasteiger partial charge < -0.3 is 9.47 Å². The Balaban J connectivity index is 1.37. The Kier molecular flexibility index (Phi) is 6.92. The molecule has 0 bridgehead atoms. The van der Waals surface area contributed by atoms with Crippen molar-refractivity contribution in [1.29, 1.82) is 5.26 Å². The summed E-state index contributed by atoms with van der Waals surface area (Å²) in [5.41, 5.74) is 3.45. The largest absolute Gasteiger partial charge is 0.341 e. The standard InChI is InChI=1S/C31H26N8O2/c1-37-26-16-24(36-27(22-8-4-2-5-9-22)23-10-6-3-7-11-23)20-33-28(26)39(30(41)29(37)40)25-12-14-38(15-13-25)31-34-18-21(17-32)19-35-31/h2-11,16,18-20,25H,12-15H2,1H3. The average Bonchev–Trinajstić information content (AvgIpc) is 3.04. The molecule has 3 aromatic heterocycles. The molecule has 0 amide bonds. The van der Waals surface area contributed by atoms with Gasteiger partial charge in [0.05, 0.1) is 41.1 Å². The van der Waals surface area contributed by atoms with Gasteiger partial charge in [0.2, 0.25) is 5.95 Å². The molecule has 41 heavy (non-hydrogen) atoms. The maximum Gasteiger partial charge on any atom is 0.318 e. The molecule has 1 aliphatic heterocycles. The number of nitrogens with zero attached hydrogens (tertiary/aromatic N) is 8. The van der Waals surface area contributed by atoms with Gasteiger partial charge in [-0.2, -0.15) is 5.26 Å². The van der Waals surface area contributed by atoms with E-state index in [1.54, 1.807) is 13.2 Å². The van der Waals surface area contributed by atoms with Gasteiger partial charge in [0.25, 0.3) is 0 Å². The predicted octanol–water partition coefficient (Wildman–Crippen LogP) is 3.77. The summed E-state index contributed by atoms with van der Waals surface area (Å²) >= 11 is 0. The van der Waals surface area contributed by atoms with Crippen LogP contribution in [0.15, 0.2) is 99.9 Å². The van der Waals surface area contributed by atoms with E-state index in [9.17, 15) is 9.59 Å². The third kappa shape index (κ3) is 5.01. The molecule has 2 aromatic carbocycles. The molecule has 1 aliphatic rings. The summed E-state index contributed by atoms with van der Waals surface area (Å²) in [5.74, 6) is 0.539. The Morgan fingerprint density at radius 1 is 0.878 bits per heavy atom. The van der Waals surface area contributed by atoms with Gasteiger partial charge in [-0.3, -0.25) is 14.2 Å². The monoisotopic (exact) mass is 542 g/mol. The lowest BCUT2D eigenvalue weighted by molar-refractivity contribution is 0.389. The number of aryl methyl sites for hydroxylation is 1. The molecule has 10 heteroatoms. The van der Waals surface area contributed by atoms with Crippen LogP contribution >= 0.6 is 0 Å². The molecule has 6 rings (SSSR count). The van der Waals surface area contributed by atoms with Gasteiger partial charge in [-0.25, -0.2) is 19.9 Å². The molecule has 0 unspecified atom stereocenters. The lowest BCUT2D eigenvalue weighted by atomic mass is 10.0. The SMILES string of the molecule is Cn1c(=O)c(=O)n(C2CCN(c3ncc(C#N)cn3)CC2)c2ncc(N=C(c3ccccc3)c3ccccc3)cc21. The minimum atomic E-state index is -0.607. The second-order valence-electron chi connectivity index (χ2n) is 9.87. The van der Waals surface area contributed by atoms with Crippen LogP contribution in [0.2, 0.25) is 0 Å². The molecule has 0 aliphatic carbocycles. The lowest BCUT2D eigenvalue weighted by Crippen LogP contribution is -2.45. The Morgan fingerprint density at radius 3 is 2.07 bits per heavy atom. The topological polar surface area (TPSA) is 122 Å². The highest BCUT2D eigenvalue weighted by Crippen LogP contribution is 2.27. The van der Waals surface area contributed by atoms with Crippen LogP contribution in [-0.4, -0.2) is 42.9 Å². The van der Waals surface area contributed by atoms with Crippen molar-refractivity contribution >= 4 is 28.5 Å². The number of aromatic nitrogens is 5. The third-order valence-corrected chi connectivity index (χ3v) is 7.34. The highest BCUT2D eigenvalue weighted by Gasteiger charge is 2.26. The summed E-state index contributed by atoms with van der Waals surface area (Å²) in [6, 6.07) is 23.4. The minimum absolute atomic E-state index is 0.209. The Morgan fingerprint density at radius 2 is 1.49 bits per heavy atom. The quantitative estimate of drug-likeness (QED) is 0.245. The smallest absolute Gasteiger partial charge is 0.318 e. The fourth-order valence-corrected chi connectivity index (χ4v) is 5.20. The molecule has 1 fully saturated rings. The van der Waals surface area contributed by atoms with Crippen molar-refractivity contribution < 1.29 is 0 Å². The Hall–Kier alpha value is -5.43. The molecule has 202 valence electrons. The fourth-order valence-electron chi connectivity index (χ4n) is 5.20. The number of aliphatic imine (C=N–C) groups is 1. The van der Waals surface area contributed by atoms with Crippen molar-refractivity contribution in [2.75, 3.05) is 18.0 Å². The second kappa shape index (κ2) is 11.0. The summed E-state index contributed by atoms with van der Waals surface area (Å²) < 4.78 is 2.89. The van der Waals surface area contributed by atoms with Gasteiger partial charge in [0.15, 0.2) is 5.65 Å². The van der Waals surface area contributed by atoms with E-state index in [4.69, 9.17) is 10.3 Å². The molecule has 0 saturated carbocycles. The number of hydrogen-bond acceptors (Lipinski definition) is 8. The number of hydrogen-bond donors (Lipinski definition) is 0. The number of piperidine rings is 1. The first-order valence-electron chi connectivity index (χ1n) is 13.3. The molecular formula is C31H26N8O2. The Labute approximate surface area is 235 Å². The number of rotatable bonds is 5. The van der Waals surface area contributed by atoms with Gasteiger partial charge in [0, 0.05) is 37.3 Å². The number of nitriles is 1. The molecule has 0 spiro atoms. The highest BCUT2D eigenvalue weighted by molar-refractivity contribution is 6.14. The first kappa shape index (κ1) is 25.8. The zero-order valence-electron chi connectivity index (χ0n) is 22.4. The van der Waals surface area contributed by atoms with Crippen molar-refractivity contribution in [3.05, 3.63) is 123 Å². The van der Waals surface area contributed by atoms with E-state index in [-0.39, 0.29) is 6.04 Å². The summed E-state index contributed by atoms with van der Waals surface area (Å²) in [6.07, 6.45) is 5.86. The fraction of sp³-hybridized carbons (Fsp3) is 0.194. The van der Waals surface area contributed by atoms with E-state index >= 15 is 0 Å². The van der Waals surface area contributed by atoms with Gasteiger partial charge in [-0.1, -0.05) is 60.7 Å². The first-order chi connectivity index (χ1) is 20.0. The van der Waals surface area contributed by atoms with Gasteiger partial charge in [-0.05, 0) is 18.9 Å². The molecule has 0 N–H and O–H groups in total. The molecule has 4 heterocycles. The molecule has 0 atom stereocenters. The van der Waals surface area contributed by atoms with Crippen LogP contribution in [0.5, 0.6) is 0 Å². The van der Waals surface area contributed by atoms with E-state index in [0.29, 0.717) is 54.3 Å². The summed E-state index contributed by atoms with van der Waals surface area (Å²) in [6.45, 7) is 1.19. The van der Waals surface area contributed by atoms with Crippen molar-refractivity contribution in [2.45, 2.75) is 18.9 Å². The maximum absolute atomic E-state index is 13.3. The summed E-state index contributed by atoms with van der Waals surface area (Å²) in [7, 11) is 1.59. The third-order valence-electron chi connectivity index (χ3n) is 7.34. The van der Waals surface area contributed by atoms with Crippen molar-refractivity contribution in [3.63, 3.8) is 0 Å². The van der Waals surface area contributed by atoms with Crippen LogP contribution in [0.1, 0.15) is 35.6 Å². The van der Waals surface area contributed by atoms with Gasteiger partial charge >= 0.3 is 11.1 Å². The first-order valence-corrected chi connectivity index (χ1v) is 13.3. The number of benzene rings is 2. The second-order valence-corrected chi connectivity index (χ2v) is 9.87. The highest BCUT2D eigenvalue weighted by atomic mass is 16.2. The van der Waals surface area contributed by atoms with Crippen molar-refractivity contribution in [3.8, 4) is 6.07 Å². The van der Waals surface area contributed by atoms with Crippen LogP contribution in [0, 0.1) is 11.3 Å². The van der Waals surface area contributed by atoms with Crippen molar-refractivity contribution in [2.24, 2.45) is 12.0 Å².